The average Bonchev–Trinajstić information content (AvgIpc) is 2.36. The summed E-state index contributed by atoms with van der Waals surface area (Å²) >= 11 is 5.69. The van der Waals surface area contributed by atoms with Crippen molar-refractivity contribution in [1.82, 2.24) is 10.3 Å². The van der Waals surface area contributed by atoms with Gasteiger partial charge in [-0.25, -0.2) is 4.98 Å². The molecule has 1 heterocycles. The highest BCUT2D eigenvalue weighted by molar-refractivity contribution is 6.30. The monoisotopic (exact) mass is 285 g/mol. The Balaban J connectivity index is 2.59. The standard InChI is InChI=1S/C12H16ClN3O3/c1-12(2,7-19-10(17)5-14)16-11(18)9-4-3-8(13)6-15-9/h3-4,6H,5,7,14H2,1-2H3,(H,16,18). The van der Waals surface area contributed by atoms with Crippen LogP contribution in [0, 0.1) is 0 Å². The van der Waals surface area contributed by atoms with Crippen molar-refractivity contribution < 1.29 is 14.3 Å². The van der Waals surface area contributed by atoms with Crippen molar-refractivity contribution in [2.24, 2.45) is 5.73 Å². The van der Waals surface area contributed by atoms with Crippen LogP contribution in [0.25, 0.3) is 0 Å². The van der Waals surface area contributed by atoms with Crippen molar-refractivity contribution in [3.8, 4) is 0 Å². The molecule has 0 fully saturated rings. The molecular weight excluding hydrogens is 270 g/mol. The molecule has 7 heteroatoms. The number of hydrogen-bond donors (Lipinski definition) is 2. The van der Waals surface area contributed by atoms with E-state index in [-0.39, 0.29) is 24.8 Å². The Bertz CT molecular complexity index is 460. The van der Waals surface area contributed by atoms with E-state index in [1.54, 1.807) is 19.9 Å². The number of hydrogen-bond acceptors (Lipinski definition) is 5. The molecule has 1 aromatic heterocycles. The second-order valence-corrected chi connectivity index (χ2v) is 5.00. The minimum Gasteiger partial charge on any atom is -0.462 e. The van der Waals surface area contributed by atoms with Gasteiger partial charge in [-0.2, -0.15) is 0 Å². The zero-order valence-electron chi connectivity index (χ0n) is 10.8. The zero-order chi connectivity index (χ0) is 14.5. The Morgan fingerprint density at radius 1 is 1.47 bits per heavy atom. The second-order valence-electron chi connectivity index (χ2n) is 4.56. The Labute approximate surface area is 116 Å². The first-order valence-electron chi connectivity index (χ1n) is 5.64. The molecule has 1 rings (SSSR count). The SMILES string of the molecule is CC(C)(COC(=O)CN)NC(=O)c1ccc(Cl)cn1. The van der Waals surface area contributed by atoms with Gasteiger partial charge in [0.25, 0.3) is 5.91 Å². The van der Waals surface area contributed by atoms with Crippen molar-refractivity contribution in [1.29, 1.82) is 0 Å². The number of nitrogens with zero attached hydrogens (tertiary/aromatic N) is 1. The highest BCUT2D eigenvalue weighted by Crippen LogP contribution is 2.08. The first-order valence-corrected chi connectivity index (χ1v) is 6.01. The number of halogens is 1. The van der Waals surface area contributed by atoms with Gasteiger partial charge in [0.05, 0.1) is 17.1 Å². The fourth-order valence-corrected chi connectivity index (χ4v) is 1.35. The summed E-state index contributed by atoms with van der Waals surface area (Å²) in [6.07, 6.45) is 1.39. The van der Waals surface area contributed by atoms with Gasteiger partial charge in [-0.1, -0.05) is 11.6 Å². The predicted molar refractivity (Wildman–Crippen MR) is 70.8 cm³/mol. The first kappa shape index (κ1) is 15.4. The van der Waals surface area contributed by atoms with Crippen LogP contribution in [0.4, 0.5) is 0 Å². The minimum absolute atomic E-state index is 0.0301. The number of aromatic nitrogens is 1. The molecule has 3 N–H and O–H groups in total. The molecule has 0 aliphatic rings. The molecule has 1 amide bonds. The molecule has 0 saturated carbocycles. The maximum Gasteiger partial charge on any atom is 0.319 e. The molecule has 0 aliphatic carbocycles. The molecule has 0 aromatic carbocycles. The fraction of sp³-hybridized carbons (Fsp3) is 0.417. The van der Waals surface area contributed by atoms with Crippen LogP contribution in [0.5, 0.6) is 0 Å². The normalized spacial score (nSPS) is 10.9. The molecule has 6 nitrogen and oxygen atoms in total. The second kappa shape index (κ2) is 6.49. The van der Waals surface area contributed by atoms with Gasteiger partial charge in [-0.05, 0) is 26.0 Å². The van der Waals surface area contributed by atoms with Crippen LogP contribution < -0.4 is 11.1 Å². The van der Waals surface area contributed by atoms with E-state index >= 15 is 0 Å². The van der Waals surface area contributed by atoms with Crippen LogP contribution in [0.2, 0.25) is 5.02 Å². The molecule has 0 atom stereocenters. The highest BCUT2D eigenvalue weighted by Gasteiger charge is 2.23. The van der Waals surface area contributed by atoms with Gasteiger partial charge in [0.1, 0.15) is 12.3 Å². The summed E-state index contributed by atoms with van der Waals surface area (Å²) in [6, 6.07) is 3.09. The molecule has 1 aromatic rings. The third-order valence-electron chi connectivity index (χ3n) is 2.17. The number of esters is 1. The third kappa shape index (κ3) is 5.23. The number of pyridine rings is 1. The lowest BCUT2D eigenvalue weighted by Crippen LogP contribution is -2.48. The van der Waals surface area contributed by atoms with Gasteiger partial charge < -0.3 is 15.8 Å². The Kier molecular flexibility index (Phi) is 5.26. The quantitative estimate of drug-likeness (QED) is 0.778. The fourth-order valence-electron chi connectivity index (χ4n) is 1.24. The molecule has 0 spiro atoms. The zero-order valence-corrected chi connectivity index (χ0v) is 11.5. The van der Waals surface area contributed by atoms with E-state index in [0.29, 0.717) is 5.02 Å². The Hall–Kier alpha value is -1.66. The van der Waals surface area contributed by atoms with E-state index in [4.69, 9.17) is 22.1 Å². The van der Waals surface area contributed by atoms with Crippen LogP contribution in [-0.4, -0.2) is 35.6 Å². The van der Waals surface area contributed by atoms with Gasteiger partial charge in [0.15, 0.2) is 0 Å². The summed E-state index contributed by atoms with van der Waals surface area (Å²) in [6.45, 7) is 3.29. The van der Waals surface area contributed by atoms with Gasteiger partial charge in [-0.3, -0.25) is 9.59 Å². The van der Waals surface area contributed by atoms with E-state index in [9.17, 15) is 9.59 Å². The number of nitrogens with one attached hydrogen (secondary N) is 1. The van der Waals surface area contributed by atoms with Crippen LogP contribution in [0.15, 0.2) is 18.3 Å². The van der Waals surface area contributed by atoms with Crippen molar-refractivity contribution in [2.45, 2.75) is 19.4 Å². The molecule has 104 valence electrons. The first-order chi connectivity index (χ1) is 8.84. The number of ether oxygens (including phenoxy) is 1. The van der Waals surface area contributed by atoms with Crippen molar-refractivity contribution >= 4 is 23.5 Å². The molecular formula is C12H16ClN3O3. The highest BCUT2D eigenvalue weighted by atomic mass is 35.5. The number of amides is 1. The Morgan fingerprint density at radius 2 is 2.16 bits per heavy atom. The van der Waals surface area contributed by atoms with Crippen molar-refractivity contribution in [3.05, 3.63) is 29.0 Å². The largest absolute Gasteiger partial charge is 0.462 e. The maximum atomic E-state index is 11.9. The summed E-state index contributed by atoms with van der Waals surface area (Å²) < 4.78 is 4.89. The molecule has 0 saturated heterocycles. The van der Waals surface area contributed by atoms with Gasteiger partial charge >= 0.3 is 5.97 Å². The summed E-state index contributed by atoms with van der Waals surface area (Å²) in [5, 5.41) is 3.16. The van der Waals surface area contributed by atoms with E-state index in [0.717, 1.165) is 0 Å². The summed E-state index contributed by atoms with van der Waals surface area (Å²) in [4.78, 5) is 26.8. The number of carbonyl (C=O) groups is 2. The van der Waals surface area contributed by atoms with Crippen LogP contribution >= 0.6 is 11.6 Å². The lowest BCUT2D eigenvalue weighted by molar-refractivity contribution is -0.143. The van der Waals surface area contributed by atoms with Crippen LogP contribution in [-0.2, 0) is 9.53 Å². The van der Waals surface area contributed by atoms with Gasteiger partial charge in [0, 0.05) is 6.20 Å². The summed E-state index contributed by atoms with van der Waals surface area (Å²) in [5.41, 5.74) is 4.64. The molecule has 0 aliphatic heterocycles. The molecule has 19 heavy (non-hydrogen) atoms. The van der Waals surface area contributed by atoms with Crippen molar-refractivity contribution in [3.63, 3.8) is 0 Å². The lowest BCUT2D eigenvalue weighted by atomic mass is 10.1. The van der Waals surface area contributed by atoms with Crippen LogP contribution in [0.3, 0.4) is 0 Å². The number of nitrogens with two attached hydrogens (primary N) is 1. The number of rotatable bonds is 5. The summed E-state index contributed by atoms with van der Waals surface area (Å²) in [5.74, 6) is -0.891. The molecule has 0 radical (unpaired) electrons. The lowest BCUT2D eigenvalue weighted by Gasteiger charge is -2.25. The summed E-state index contributed by atoms with van der Waals surface area (Å²) in [7, 11) is 0. The number of carbonyl (C=O) groups excluding carboxylic acids is 2. The maximum absolute atomic E-state index is 11.9. The van der Waals surface area contributed by atoms with E-state index in [1.807, 2.05) is 0 Å². The third-order valence-corrected chi connectivity index (χ3v) is 2.40. The van der Waals surface area contributed by atoms with Crippen LogP contribution in [0.1, 0.15) is 24.3 Å². The molecule has 0 unspecified atom stereocenters. The van der Waals surface area contributed by atoms with Gasteiger partial charge in [0.2, 0.25) is 0 Å². The predicted octanol–water partition coefficient (Wildman–Crippen LogP) is 0.745. The van der Waals surface area contributed by atoms with E-state index < -0.39 is 11.5 Å². The van der Waals surface area contributed by atoms with Gasteiger partial charge in [-0.15, -0.1) is 0 Å². The topological polar surface area (TPSA) is 94.3 Å². The minimum atomic E-state index is -0.719. The molecule has 0 bridgehead atoms. The van der Waals surface area contributed by atoms with Crippen molar-refractivity contribution in [2.75, 3.05) is 13.2 Å². The Morgan fingerprint density at radius 3 is 2.68 bits per heavy atom. The smallest absolute Gasteiger partial charge is 0.319 e. The van der Waals surface area contributed by atoms with E-state index in [2.05, 4.69) is 10.3 Å². The average molecular weight is 286 g/mol. The van der Waals surface area contributed by atoms with E-state index in [1.165, 1.54) is 12.3 Å².